The summed E-state index contributed by atoms with van der Waals surface area (Å²) in [6, 6.07) is 12.5. The fraction of sp³-hybridized carbons (Fsp3) is 0.250. The van der Waals surface area contributed by atoms with Gasteiger partial charge >= 0.3 is 0 Å². The third-order valence-corrected chi connectivity index (χ3v) is 5.18. The van der Waals surface area contributed by atoms with Crippen molar-refractivity contribution in [3.8, 4) is 0 Å². The van der Waals surface area contributed by atoms with E-state index in [0.717, 1.165) is 9.87 Å². The van der Waals surface area contributed by atoms with Crippen LogP contribution in [-0.4, -0.2) is 15.5 Å². The lowest BCUT2D eigenvalue weighted by molar-refractivity contribution is 0.589. The second kappa shape index (κ2) is 5.85. The highest BCUT2D eigenvalue weighted by atomic mass is 32.2. The molecule has 0 aliphatic heterocycles. The van der Waals surface area contributed by atoms with Gasteiger partial charge in [0, 0.05) is 7.05 Å². The summed E-state index contributed by atoms with van der Waals surface area (Å²) in [5, 5.41) is 0. The van der Waals surface area contributed by atoms with Crippen LogP contribution in [0.1, 0.15) is 25.3 Å². The molecular weight excluding hydrogens is 289 g/mol. The molecule has 0 saturated heterocycles. The van der Waals surface area contributed by atoms with Crippen molar-refractivity contribution >= 4 is 15.7 Å². The zero-order valence-electron chi connectivity index (χ0n) is 12.2. The third kappa shape index (κ3) is 3.08. The van der Waals surface area contributed by atoms with E-state index in [2.05, 4.69) is 0 Å². The number of hydrogen-bond acceptors (Lipinski definition) is 2. The van der Waals surface area contributed by atoms with Crippen LogP contribution in [0.15, 0.2) is 53.4 Å². The Morgan fingerprint density at radius 3 is 2.10 bits per heavy atom. The first-order valence-electron chi connectivity index (χ1n) is 6.67. The minimum atomic E-state index is -3.76. The summed E-state index contributed by atoms with van der Waals surface area (Å²) in [5.41, 5.74) is 1.09. The van der Waals surface area contributed by atoms with E-state index in [1.807, 2.05) is 13.8 Å². The van der Waals surface area contributed by atoms with Gasteiger partial charge in [-0.2, -0.15) is 0 Å². The van der Waals surface area contributed by atoms with Crippen LogP contribution in [0, 0.1) is 5.82 Å². The van der Waals surface area contributed by atoms with E-state index >= 15 is 0 Å². The Labute approximate surface area is 125 Å². The molecule has 0 aliphatic carbocycles. The van der Waals surface area contributed by atoms with Crippen LogP contribution < -0.4 is 4.31 Å². The fourth-order valence-electron chi connectivity index (χ4n) is 2.02. The maximum atomic E-state index is 13.7. The lowest BCUT2D eigenvalue weighted by Gasteiger charge is -2.20. The Morgan fingerprint density at radius 2 is 1.57 bits per heavy atom. The summed E-state index contributed by atoms with van der Waals surface area (Å²) in [6.07, 6.45) is 0. The minimum Gasteiger partial charge on any atom is -0.266 e. The maximum Gasteiger partial charge on any atom is 0.264 e. The number of anilines is 1. The first-order chi connectivity index (χ1) is 9.84. The molecule has 0 aromatic heterocycles. The number of benzene rings is 2. The summed E-state index contributed by atoms with van der Waals surface area (Å²) in [4.78, 5) is 0.151. The van der Waals surface area contributed by atoms with Crippen LogP contribution in [0.25, 0.3) is 0 Å². The quantitative estimate of drug-likeness (QED) is 0.862. The molecule has 0 heterocycles. The second-order valence-corrected chi connectivity index (χ2v) is 7.12. The van der Waals surface area contributed by atoms with Crippen molar-refractivity contribution < 1.29 is 12.8 Å². The van der Waals surface area contributed by atoms with Gasteiger partial charge in [0.15, 0.2) is 0 Å². The molecule has 0 unspecified atom stereocenters. The molecule has 0 N–H and O–H groups in total. The standard InChI is InChI=1S/C16H18FNO2S/c1-12(2)13-8-10-14(11-9-13)21(19,20)18(3)16-7-5-4-6-15(16)17/h4-12H,1-3H3. The van der Waals surface area contributed by atoms with E-state index in [0.29, 0.717) is 5.92 Å². The Bertz CT molecular complexity index is 724. The summed E-state index contributed by atoms with van der Waals surface area (Å²) in [5.74, 6) is -0.242. The smallest absolute Gasteiger partial charge is 0.264 e. The van der Waals surface area contributed by atoms with Crippen molar-refractivity contribution in [2.75, 3.05) is 11.4 Å². The van der Waals surface area contributed by atoms with Crippen LogP contribution in [0.2, 0.25) is 0 Å². The summed E-state index contributed by atoms with van der Waals surface area (Å²) in [6.45, 7) is 4.07. The number of hydrogen-bond donors (Lipinski definition) is 0. The average molecular weight is 307 g/mol. The zero-order chi connectivity index (χ0) is 15.6. The number of rotatable bonds is 4. The number of nitrogens with zero attached hydrogens (tertiary/aromatic N) is 1. The second-order valence-electron chi connectivity index (χ2n) is 5.15. The first-order valence-corrected chi connectivity index (χ1v) is 8.11. The van der Waals surface area contributed by atoms with Gasteiger partial charge in [-0.3, -0.25) is 4.31 Å². The van der Waals surface area contributed by atoms with Gasteiger partial charge in [-0.25, -0.2) is 12.8 Å². The molecule has 0 bridgehead atoms. The van der Waals surface area contributed by atoms with Crippen LogP contribution >= 0.6 is 0 Å². The van der Waals surface area contributed by atoms with Crippen molar-refractivity contribution in [3.05, 3.63) is 59.9 Å². The number of para-hydroxylation sites is 1. The van der Waals surface area contributed by atoms with Crippen LogP contribution in [0.4, 0.5) is 10.1 Å². The van der Waals surface area contributed by atoms with E-state index in [1.54, 1.807) is 30.3 Å². The maximum absolute atomic E-state index is 13.7. The van der Waals surface area contributed by atoms with Gasteiger partial charge in [0.2, 0.25) is 0 Å². The van der Waals surface area contributed by atoms with Gasteiger partial charge in [-0.1, -0.05) is 38.1 Å². The van der Waals surface area contributed by atoms with E-state index in [9.17, 15) is 12.8 Å². The molecule has 0 saturated carbocycles. The highest BCUT2D eigenvalue weighted by Crippen LogP contribution is 2.25. The zero-order valence-corrected chi connectivity index (χ0v) is 13.1. The summed E-state index contributed by atoms with van der Waals surface area (Å²) < 4.78 is 39.8. The summed E-state index contributed by atoms with van der Waals surface area (Å²) in [7, 11) is -2.41. The summed E-state index contributed by atoms with van der Waals surface area (Å²) >= 11 is 0. The SMILES string of the molecule is CC(C)c1ccc(S(=O)(=O)N(C)c2ccccc2F)cc1. The molecule has 3 nitrogen and oxygen atoms in total. The fourth-order valence-corrected chi connectivity index (χ4v) is 3.22. The van der Waals surface area contributed by atoms with Gasteiger partial charge < -0.3 is 0 Å². The predicted octanol–water partition coefficient (Wildman–Crippen LogP) is 3.77. The molecule has 2 aromatic rings. The molecule has 21 heavy (non-hydrogen) atoms. The number of halogens is 1. The third-order valence-electron chi connectivity index (χ3n) is 3.40. The van der Waals surface area contributed by atoms with E-state index in [-0.39, 0.29) is 10.6 Å². The van der Waals surface area contributed by atoms with Crippen molar-refractivity contribution in [1.29, 1.82) is 0 Å². The lowest BCUT2D eigenvalue weighted by Crippen LogP contribution is -2.27. The first kappa shape index (κ1) is 15.5. The van der Waals surface area contributed by atoms with E-state index < -0.39 is 15.8 Å². The Kier molecular flexibility index (Phi) is 4.32. The van der Waals surface area contributed by atoms with Crippen molar-refractivity contribution in [3.63, 3.8) is 0 Å². The van der Waals surface area contributed by atoms with E-state index in [1.165, 1.54) is 25.2 Å². The van der Waals surface area contributed by atoms with Crippen LogP contribution in [0.5, 0.6) is 0 Å². The molecular formula is C16H18FNO2S. The predicted molar refractivity (Wildman–Crippen MR) is 82.5 cm³/mol. The topological polar surface area (TPSA) is 37.4 Å². The molecule has 112 valence electrons. The van der Waals surface area contributed by atoms with Gasteiger partial charge in [-0.15, -0.1) is 0 Å². The van der Waals surface area contributed by atoms with Gasteiger partial charge in [0.1, 0.15) is 5.82 Å². The largest absolute Gasteiger partial charge is 0.266 e. The minimum absolute atomic E-state index is 0.0328. The normalized spacial score (nSPS) is 11.7. The van der Waals surface area contributed by atoms with Gasteiger partial charge in [0.25, 0.3) is 10.0 Å². The van der Waals surface area contributed by atoms with Gasteiger partial charge in [0.05, 0.1) is 10.6 Å². The van der Waals surface area contributed by atoms with Crippen LogP contribution in [-0.2, 0) is 10.0 Å². The van der Waals surface area contributed by atoms with Crippen molar-refractivity contribution in [2.45, 2.75) is 24.7 Å². The highest BCUT2D eigenvalue weighted by molar-refractivity contribution is 7.92. The molecule has 2 aromatic carbocycles. The number of sulfonamides is 1. The molecule has 0 atom stereocenters. The van der Waals surface area contributed by atoms with E-state index in [4.69, 9.17) is 0 Å². The van der Waals surface area contributed by atoms with Gasteiger partial charge in [-0.05, 0) is 35.7 Å². The highest BCUT2D eigenvalue weighted by Gasteiger charge is 2.23. The Morgan fingerprint density at radius 1 is 1.00 bits per heavy atom. The van der Waals surface area contributed by atoms with Crippen molar-refractivity contribution in [2.24, 2.45) is 0 Å². The van der Waals surface area contributed by atoms with Crippen molar-refractivity contribution in [1.82, 2.24) is 0 Å². The Balaban J connectivity index is 2.40. The lowest BCUT2D eigenvalue weighted by atomic mass is 10.0. The molecule has 0 radical (unpaired) electrons. The monoisotopic (exact) mass is 307 g/mol. The molecule has 2 rings (SSSR count). The molecule has 0 spiro atoms. The molecule has 0 amide bonds. The van der Waals surface area contributed by atoms with Crippen LogP contribution in [0.3, 0.4) is 0 Å². The molecule has 0 fully saturated rings. The molecule has 0 aliphatic rings. The molecule has 5 heteroatoms. The Hall–Kier alpha value is -1.88. The average Bonchev–Trinajstić information content (AvgIpc) is 2.47.